The van der Waals surface area contributed by atoms with Crippen LogP contribution in [0.15, 0.2) is 42.5 Å². The summed E-state index contributed by atoms with van der Waals surface area (Å²) in [6, 6.07) is 12.1. The molecule has 0 aliphatic rings. The van der Waals surface area contributed by atoms with E-state index in [1.807, 2.05) is 30.3 Å². The first-order valence-electron chi connectivity index (χ1n) is 5.94. The molecule has 2 rings (SSSR count). The second kappa shape index (κ2) is 5.09. The van der Waals surface area contributed by atoms with Crippen LogP contribution in [0, 0.1) is 0 Å². The summed E-state index contributed by atoms with van der Waals surface area (Å²) in [5.41, 5.74) is 1.36. The fraction of sp³-hybridized carbons (Fsp3) is 0.286. The van der Waals surface area contributed by atoms with Gasteiger partial charge in [-0.3, -0.25) is 0 Å². The molecular formula is C14H14F3NO. The van der Waals surface area contributed by atoms with Crippen molar-refractivity contribution in [2.45, 2.75) is 25.7 Å². The number of rotatable bonds is 3. The van der Waals surface area contributed by atoms with Gasteiger partial charge in [0.15, 0.2) is 6.10 Å². The zero-order valence-corrected chi connectivity index (χ0v) is 10.4. The quantitative estimate of drug-likeness (QED) is 0.901. The van der Waals surface area contributed by atoms with Gasteiger partial charge in [0.1, 0.15) is 0 Å². The summed E-state index contributed by atoms with van der Waals surface area (Å²) in [7, 11) is 0. The fourth-order valence-corrected chi connectivity index (χ4v) is 2.10. The number of halogens is 3. The number of hydrogen-bond donors (Lipinski definition) is 1. The van der Waals surface area contributed by atoms with E-state index in [4.69, 9.17) is 0 Å². The van der Waals surface area contributed by atoms with Crippen LogP contribution in [0.5, 0.6) is 0 Å². The molecule has 0 amide bonds. The molecule has 0 spiro atoms. The predicted molar refractivity (Wildman–Crippen MR) is 66.6 cm³/mol. The van der Waals surface area contributed by atoms with Gasteiger partial charge in [-0.2, -0.15) is 13.2 Å². The lowest BCUT2D eigenvalue weighted by atomic mass is 10.1. The minimum Gasteiger partial charge on any atom is -0.378 e. The molecule has 2 nitrogen and oxygen atoms in total. The number of hydrogen-bond acceptors (Lipinski definition) is 1. The number of nitrogens with zero attached hydrogens (tertiary/aromatic N) is 1. The zero-order chi connectivity index (χ0) is 14.0. The van der Waals surface area contributed by atoms with Crippen LogP contribution in [0.4, 0.5) is 13.2 Å². The maximum absolute atomic E-state index is 12.6. The molecule has 1 atom stereocenters. The van der Waals surface area contributed by atoms with Gasteiger partial charge in [-0.25, -0.2) is 0 Å². The van der Waals surface area contributed by atoms with Crippen LogP contribution in [-0.2, 0) is 6.54 Å². The van der Waals surface area contributed by atoms with Crippen LogP contribution in [-0.4, -0.2) is 15.8 Å². The Morgan fingerprint density at radius 3 is 2.26 bits per heavy atom. The molecule has 0 saturated heterocycles. The second-order valence-corrected chi connectivity index (χ2v) is 4.20. The van der Waals surface area contributed by atoms with Gasteiger partial charge in [0.25, 0.3) is 0 Å². The maximum atomic E-state index is 12.6. The lowest BCUT2D eigenvalue weighted by molar-refractivity contribution is -0.208. The highest BCUT2D eigenvalue weighted by Gasteiger charge is 2.41. The van der Waals surface area contributed by atoms with Gasteiger partial charge in [0.05, 0.1) is 5.69 Å². The summed E-state index contributed by atoms with van der Waals surface area (Å²) in [4.78, 5) is 0. The molecule has 0 bridgehead atoms. The first kappa shape index (κ1) is 13.7. The first-order chi connectivity index (χ1) is 8.95. The van der Waals surface area contributed by atoms with Crippen molar-refractivity contribution in [3.63, 3.8) is 0 Å². The molecule has 0 aliphatic carbocycles. The molecule has 1 unspecified atom stereocenters. The van der Waals surface area contributed by atoms with E-state index in [-0.39, 0.29) is 5.69 Å². The van der Waals surface area contributed by atoms with Gasteiger partial charge in [-0.1, -0.05) is 30.3 Å². The minimum absolute atomic E-state index is 0.131. The monoisotopic (exact) mass is 269 g/mol. The third-order valence-electron chi connectivity index (χ3n) is 2.99. The smallest absolute Gasteiger partial charge is 0.378 e. The Kier molecular flexibility index (Phi) is 3.66. The van der Waals surface area contributed by atoms with E-state index in [0.29, 0.717) is 12.2 Å². The molecule has 19 heavy (non-hydrogen) atoms. The summed E-state index contributed by atoms with van der Waals surface area (Å²) in [6.07, 6.45) is -7.11. The molecule has 5 heteroatoms. The molecule has 102 valence electrons. The van der Waals surface area contributed by atoms with Crippen LogP contribution in [0.2, 0.25) is 0 Å². The van der Waals surface area contributed by atoms with E-state index in [9.17, 15) is 18.3 Å². The molecule has 0 radical (unpaired) electrons. The number of aliphatic hydroxyl groups is 1. The van der Waals surface area contributed by atoms with Gasteiger partial charge in [-0.05, 0) is 24.6 Å². The minimum atomic E-state index is -4.65. The highest BCUT2D eigenvalue weighted by atomic mass is 19.4. The van der Waals surface area contributed by atoms with Crippen molar-refractivity contribution >= 4 is 0 Å². The molecular weight excluding hydrogens is 255 g/mol. The van der Waals surface area contributed by atoms with Crippen LogP contribution < -0.4 is 0 Å². The van der Waals surface area contributed by atoms with Crippen LogP contribution in [0.1, 0.15) is 18.7 Å². The average Bonchev–Trinajstić information content (AvgIpc) is 2.81. The lowest BCUT2D eigenvalue weighted by Gasteiger charge is -2.18. The van der Waals surface area contributed by atoms with E-state index in [1.165, 1.54) is 10.6 Å². The standard InChI is InChI=1S/C14H14F3NO/c1-2-18-11(10-6-4-3-5-7-10)8-9-12(18)13(19)14(15,16)17/h3-9,13,19H,2H2,1H3. The highest BCUT2D eigenvalue weighted by molar-refractivity contribution is 5.61. The van der Waals surface area contributed by atoms with E-state index >= 15 is 0 Å². The Hall–Kier alpha value is -1.75. The average molecular weight is 269 g/mol. The van der Waals surface area contributed by atoms with E-state index in [0.717, 1.165) is 5.56 Å². The molecule has 2 aromatic rings. The molecule has 0 saturated carbocycles. The first-order valence-corrected chi connectivity index (χ1v) is 5.94. The van der Waals surface area contributed by atoms with Crippen molar-refractivity contribution in [3.05, 3.63) is 48.2 Å². The summed E-state index contributed by atoms with van der Waals surface area (Å²) in [5.74, 6) is 0. The summed E-state index contributed by atoms with van der Waals surface area (Å²) in [5, 5.41) is 9.38. The molecule has 1 N–H and O–H groups in total. The molecule has 0 fully saturated rings. The number of aliphatic hydroxyl groups excluding tert-OH is 1. The Balaban J connectivity index is 2.48. The molecule has 0 aliphatic heterocycles. The van der Waals surface area contributed by atoms with E-state index < -0.39 is 12.3 Å². The predicted octanol–water partition coefficient (Wildman–Crippen LogP) is 3.77. The third kappa shape index (κ3) is 2.66. The van der Waals surface area contributed by atoms with Crippen molar-refractivity contribution in [2.75, 3.05) is 0 Å². The normalized spacial score (nSPS) is 13.5. The van der Waals surface area contributed by atoms with Crippen molar-refractivity contribution in [1.29, 1.82) is 0 Å². The van der Waals surface area contributed by atoms with Crippen molar-refractivity contribution in [2.24, 2.45) is 0 Å². The van der Waals surface area contributed by atoms with Gasteiger partial charge < -0.3 is 9.67 Å². The fourth-order valence-electron chi connectivity index (χ4n) is 2.10. The number of benzene rings is 1. The Labute approximate surface area is 109 Å². The number of aromatic nitrogens is 1. The number of alkyl halides is 3. The van der Waals surface area contributed by atoms with Crippen LogP contribution in [0.3, 0.4) is 0 Å². The highest BCUT2D eigenvalue weighted by Crippen LogP contribution is 2.35. The Morgan fingerprint density at radius 2 is 1.74 bits per heavy atom. The van der Waals surface area contributed by atoms with E-state index in [2.05, 4.69) is 0 Å². The summed E-state index contributed by atoms with van der Waals surface area (Å²) in [6.45, 7) is 2.11. The Bertz CT molecular complexity index is 546. The van der Waals surface area contributed by atoms with Gasteiger partial charge in [0.2, 0.25) is 0 Å². The lowest BCUT2D eigenvalue weighted by Crippen LogP contribution is -2.23. The van der Waals surface area contributed by atoms with Crippen LogP contribution >= 0.6 is 0 Å². The largest absolute Gasteiger partial charge is 0.420 e. The van der Waals surface area contributed by atoms with Crippen LogP contribution in [0.25, 0.3) is 11.3 Å². The van der Waals surface area contributed by atoms with Gasteiger partial charge >= 0.3 is 6.18 Å². The van der Waals surface area contributed by atoms with Gasteiger partial charge in [-0.15, -0.1) is 0 Å². The summed E-state index contributed by atoms with van der Waals surface area (Å²) >= 11 is 0. The topological polar surface area (TPSA) is 25.2 Å². The van der Waals surface area contributed by atoms with Gasteiger partial charge in [0, 0.05) is 12.2 Å². The molecule has 1 aromatic heterocycles. The third-order valence-corrected chi connectivity index (χ3v) is 2.99. The molecule has 1 aromatic carbocycles. The maximum Gasteiger partial charge on any atom is 0.420 e. The van der Waals surface area contributed by atoms with E-state index in [1.54, 1.807) is 13.0 Å². The second-order valence-electron chi connectivity index (χ2n) is 4.20. The molecule has 1 heterocycles. The Morgan fingerprint density at radius 1 is 1.11 bits per heavy atom. The SMILES string of the molecule is CCn1c(-c2ccccc2)ccc1C(O)C(F)(F)F. The van der Waals surface area contributed by atoms with Crippen molar-refractivity contribution in [1.82, 2.24) is 4.57 Å². The van der Waals surface area contributed by atoms with Crippen molar-refractivity contribution in [3.8, 4) is 11.3 Å². The van der Waals surface area contributed by atoms with Crippen molar-refractivity contribution < 1.29 is 18.3 Å². The zero-order valence-electron chi connectivity index (χ0n) is 10.4. The summed E-state index contributed by atoms with van der Waals surface area (Å²) < 4.78 is 39.3.